The Morgan fingerprint density at radius 1 is 1.12 bits per heavy atom. The largest absolute Gasteiger partial charge is 0.462 e. The maximum absolute atomic E-state index is 12.6. The zero-order valence-corrected chi connectivity index (χ0v) is 16.7. The minimum absolute atomic E-state index is 0.258. The van der Waals surface area contributed by atoms with Crippen LogP contribution in [0.1, 0.15) is 40.5 Å². The molecule has 0 fully saturated rings. The molecule has 4 nitrogen and oxygen atoms in total. The third kappa shape index (κ3) is 4.14. The molecule has 3 aromatic rings. The first kappa shape index (κ1) is 18.6. The number of carbonyl (C=O) groups excluding carboxylic acids is 2. The van der Waals surface area contributed by atoms with E-state index in [-0.39, 0.29) is 5.91 Å². The summed E-state index contributed by atoms with van der Waals surface area (Å²) in [4.78, 5) is 25.2. The lowest BCUT2D eigenvalue weighted by atomic mass is 10.1. The number of nitrogens with one attached hydrogen (secondary N) is 1. The van der Waals surface area contributed by atoms with E-state index >= 15 is 0 Å². The van der Waals surface area contributed by atoms with E-state index in [1.165, 1.54) is 11.3 Å². The number of thiophene rings is 1. The predicted octanol–water partition coefficient (Wildman–Crippen LogP) is 5.87. The van der Waals surface area contributed by atoms with Gasteiger partial charge in [0.15, 0.2) is 0 Å². The predicted molar refractivity (Wildman–Crippen MR) is 109 cm³/mol. The van der Waals surface area contributed by atoms with Gasteiger partial charge in [0.2, 0.25) is 0 Å². The van der Waals surface area contributed by atoms with Gasteiger partial charge in [-0.1, -0.05) is 47.5 Å². The highest BCUT2D eigenvalue weighted by Crippen LogP contribution is 2.36. The highest BCUT2D eigenvalue weighted by atomic mass is 79.9. The van der Waals surface area contributed by atoms with Gasteiger partial charge in [0, 0.05) is 20.1 Å². The Morgan fingerprint density at radius 2 is 1.85 bits per heavy atom. The number of amides is 1. The summed E-state index contributed by atoms with van der Waals surface area (Å²) in [6.45, 7) is 2.41. The van der Waals surface area contributed by atoms with Crippen molar-refractivity contribution in [2.45, 2.75) is 19.8 Å². The Labute approximate surface area is 164 Å². The highest BCUT2D eigenvalue weighted by Gasteiger charge is 2.22. The van der Waals surface area contributed by atoms with Crippen molar-refractivity contribution in [3.8, 4) is 0 Å². The Morgan fingerprint density at radius 3 is 2.58 bits per heavy atom. The number of anilines is 1. The van der Waals surface area contributed by atoms with Crippen LogP contribution in [0.15, 0.2) is 53.0 Å². The van der Waals surface area contributed by atoms with E-state index < -0.39 is 5.97 Å². The van der Waals surface area contributed by atoms with E-state index in [1.807, 2.05) is 31.2 Å². The van der Waals surface area contributed by atoms with Crippen LogP contribution in [-0.4, -0.2) is 18.5 Å². The molecule has 134 valence electrons. The van der Waals surface area contributed by atoms with Crippen molar-refractivity contribution in [1.82, 2.24) is 0 Å². The summed E-state index contributed by atoms with van der Waals surface area (Å²) in [6.07, 6.45) is 1.76. The Balaban J connectivity index is 1.91. The summed E-state index contributed by atoms with van der Waals surface area (Å²) in [5, 5.41) is 4.18. The van der Waals surface area contributed by atoms with E-state index in [0.29, 0.717) is 22.7 Å². The fourth-order valence-corrected chi connectivity index (χ4v) is 3.84. The van der Waals surface area contributed by atoms with Crippen LogP contribution in [0.3, 0.4) is 0 Å². The number of carbonyl (C=O) groups is 2. The van der Waals surface area contributed by atoms with Gasteiger partial charge in [0.1, 0.15) is 10.6 Å². The first-order valence-electron chi connectivity index (χ1n) is 8.35. The van der Waals surface area contributed by atoms with Crippen LogP contribution in [0.2, 0.25) is 0 Å². The standard InChI is InChI=1S/C20H18BrNO3S/c1-2-3-12-25-20(24)17-15-6-4-5-7-16(15)26-19(17)22-18(23)13-8-10-14(21)11-9-13/h4-11H,2-3,12H2,1H3,(H,22,23). The SMILES string of the molecule is CCCCOC(=O)c1c(NC(=O)c2ccc(Br)cc2)sc2ccccc12. The van der Waals surface area contributed by atoms with Gasteiger partial charge >= 0.3 is 5.97 Å². The maximum atomic E-state index is 12.6. The lowest BCUT2D eigenvalue weighted by Gasteiger charge is -2.08. The topological polar surface area (TPSA) is 55.4 Å². The lowest BCUT2D eigenvalue weighted by molar-refractivity contribution is 0.0503. The van der Waals surface area contributed by atoms with Gasteiger partial charge in [0.05, 0.1) is 6.61 Å². The minimum atomic E-state index is -0.401. The molecule has 0 saturated carbocycles. The van der Waals surface area contributed by atoms with Crippen LogP contribution >= 0.6 is 27.3 Å². The van der Waals surface area contributed by atoms with Crippen LogP contribution < -0.4 is 5.32 Å². The van der Waals surface area contributed by atoms with Gasteiger partial charge in [-0.15, -0.1) is 11.3 Å². The van der Waals surface area contributed by atoms with Crippen LogP contribution in [0.4, 0.5) is 5.00 Å². The molecule has 2 aromatic carbocycles. The van der Waals surface area contributed by atoms with Gasteiger partial charge in [-0.25, -0.2) is 4.79 Å². The molecule has 1 aromatic heterocycles. The molecule has 1 amide bonds. The molecule has 0 saturated heterocycles. The van der Waals surface area contributed by atoms with E-state index in [0.717, 1.165) is 27.4 Å². The lowest BCUT2D eigenvalue weighted by Crippen LogP contribution is -2.14. The molecule has 0 unspecified atom stereocenters. The van der Waals surface area contributed by atoms with Crippen molar-refractivity contribution in [2.75, 3.05) is 11.9 Å². The van der Waals surface area contributed by atoms with Crippen molar-refractivity contribution in [3.05, 3.63) is 64.1 Å². The molecule has 0 atom stereocenters. The number of unbranched alkanes of at least 4 members (excludes halogenated alkanes) is 1. The average Bonchev–Trinajstić information content (AvgIpc) is 3.00. The van der Waals surface area contributed by atoms with Crippen molar-refractivity contribution in [3.63, 3.8) is 0 Å². The molecule has 0 spiro atoms. The molecule has 1 N–H and O–H groups in total. The summed E-state index contributed by atoms with van der Waals surface area (Å²) in [5.41, 5.74) is 0.947. The van der Waals surface area contributed by atoms with Crippen LogP contribution in [0.5, 0.6) is 0 Å². The zero-order valence-electron chi connectivity index (χ0n) is 14.3. The van der Waals surface area contributed by atoms with Crippen molar-refractivity contribution >= 4 is 54.2 Å². The number of benzene rings is 2. The Kier molecular flexibility index (Phi) is 6.06. The van der Waals surface area contributed by atoms with Gasteiger partial charge in [0.25, 0.3) is 5.91 Å². The second-order valence-corrected chi connectivity index (χ2v) is 7.72. The quantitative estimate of drug-likeness (QED) is 0.391. The van der Waals surface area contributed by atoms with Crippen molar-refractivity contribution in [2.24, 2.45) is 0 Å². The molecule has 0 aliphatic carbocycles. The molecule has 0 radical (unpaired) electrons. The molecular weight excluding hydrogens is 414 g/mol. The van der Waals surface area contributed by atoms with Crippen LogP contribution in [0, 0.1) is 0 Å². The third-order valence-electron chi connectivity index (χ3n) is 3.86. The summed E-state index contributed by atoms with van der Waals surface area (Å²) >= 11 is 4.73. The van der Waals surface area contributed by atoms with E-state index in [9.17, 15) is 9.59 Å². The molecular formula is C20H18BrNO3S. The number of hydrogen-bond acceptors (Lipinski definition) is 4. The monoisotopic (exact) mass is 431 g/mol. The Hall–Kier alpha value is -2.18. The summed E-state index contributed by atoms with van der Waals surface area (Å²) < 4.78 is 7.22. The van der Waals surface area contributed by atoms with Crippen LogP contribution in [0.25, 0.3) is 10.1 Å². The number of esters is 1. The zero-order chi connectivity index (χ0) is 18.5. The van der Waals surface area contributed by atoms with Gasteiger partial charge < -0.3 is 10.1 Å². The molecule has 0 aliphatic rings. The van der Waals surface area contributed by atoms with Gasteiger partial charge in [-0.05, 0) is 36.8 Å². The number of ether oxygens (including phenoxy) is 1. The van der Waals surface area contributed by atoms with Crippen molar-refractivity contribution in [1.29, 1.82) is 0 Å². The smallest absolute Gasteiger partial charge is 0.341 e. The molecule has 0 aliphatic heterocycles. The third-order valence-corrected chi connectivity index (χ3v) is 5.48. The number of fused-ring (bicyclic) bond motifs is 1. The molecule has 6 heteroatoms. The second-order valence-electron chi connectivity index (χ2n) is 5.75. The maximum Gasteiger partial charge on any atom is 0.341 e. The number of halogens is 1. The number of rotatable bonds is 6. The fraction of sp³-hybridized carbons (Fsp3) is 0.200. The average molecular weight is 432 g/mol. The highest BCUT2D eigenvalue weighted by molar-refractivity contribution is 9.10. The van der Waals surface area contributed by atoms with Crippen molar-refractivity contribution < 1.29 is 14.3 Å². The van der Waals surface area contributed by atoms with Gasteiger partial charge in [-0.3, -0.25) is 4.79 Å². The molecule has 26 heavy (non-hydrogen) atoms. The fourth-order valence-electron chi connectivity index (χ4n) is 2.49. The van der Waals surface area contributed by atoms with E-state index in [4.69, 9.17) is 4.74 Å². The van der Waals surface area contributed by atoms with Gasteiger partial charge in [-0.2, -0.15) is 0 Å². The first-order valence-corrected chi connectivity index (χ1v) is 9.96. The molecule has 3 rings (SSSR count). The first-order chi connectivity index (χ1) is 12.6. The Bertz CT molecular complexity index is 934. The summed E-state index contributed by atoms with van der Waals surface area (Å²) in [6, 6.07) is 14.6. The summed E-state index contributed by atoms with van der Waals surface area (Å²) in [7, 11) is 0. The van der Waals surface area contributed by atoms with Crippen LogP contribution in [-0.2, 0) is 4.74 Å². The molecule has 0 bridgehead atoms. The minimum Gasteiger partial charge on any atom is -0.462 e. The summed E-state index contributed by atoms with van der Waals surface area (Å²) in [5.74, 6) is -0.659. The second kappa shape index (κ2) is 8.47. The van der Waals surface area contributed by atoms with E-state index in [2.05, 4.69) is 21.2 Å². The normalized spacial score (nSPS) is 10.7. The van der Waals surface area contributed by atoms with E-state index in [1.54, 1.807) is 24.3 Å². The number of hydrogen-bond donors (Lipinski definition) is 1. The molecule has 1 heterocycles.